The second kappa shape index (κ2) is 4.10. The number of likely N-dealkylation sites (tertiary alicyclic amines) is 1. The van der Waals surface area contributed by atoms with Crippen LogP contribution in [0.3, 0.4) is 0 Å². The van der Waals surface area contributed by atoms with E-state index >= 15 is 0 Å². The molecule has 2 fully saturated rings. The van der Waals surface area contributed by atoms with Crippen molar-refractivity contribution in [1.82, 2.24) is 9.88 Å². The van der Waals surface area contributed by atoms with Gasteiger partial charge in [0.15, 0.2) is 0 Å². The lowest BCUT2D eigenvalue weighted by molar-refractivity contribution is -0.0303. The summed E-state index contributed by atoms with van der Waals surface area (Å²) in [6.07, 6.45) is 4.57. The first-order valence-electron chi connectivity index (χ1n) is 6.81. The van der Waals surface area contributed by atoms with Crippen molar-refractivity contribution in [2.45, 2.75) is 25.0 Å². The molecule has 0 radical (unpaired) electrons. The lowest BCUT2D eigenvalue weighted by Crippen LogP contribution is -2.45. The van der Waals surface area contributed by atoms with E-state index in [-0.39, 0.29) is 18.1 Å². The summed E-state index contributed by atoms with van der Waals surface area (Å²) in [6, 6.07) is 7.83. The maximum atomic E-state index is 12.5. The van der Waals surface area contributed by atoms with Gasteiger partial charge in [0.2, 0.25) is 0 Å². The molecular weight excluding hydrogens is 240 g/mol. The van der Waals surface area contributed by atoms with Crippen LogP contribution >= 0.6 is 0 Å². The Hall–Kier alpha value is -1.81. The minimum absolute atomic E-state index is 0.128. The normalized spacial score (nSPS) is 26.0. The molecule has 98 valence electrons. The number of carbonyl (C=O) groups excluding carboxylic acids is 1. The van der Waals surface area contributed by atoms with Crippen LogP contribution in [0, 0.1) is 0 Å². The van der Waals surface area contributed by atoms with Gasteiger partial charge >= 0.3 is 0 Å². The van der Waals surface area contributed by atoms with Crippen molar-refractivity contribution in [2.75, 3.05) is 13.1 Å². The zero-order valence-electron chi connectivity index (χ0n) is 10.6. The van der Waals surface area contributed by atoms with Gasteiger partial charge in [0, 0.05) is 35.8 Å². The van der Waals surface area contributed by atoms with Crippen LogP contribution in [0.4, 0.5) is 0 Å². The van der Waals surface area contributed by atoms with Crippen LogP contribution < -0.4 is 0 Å². The highest BCUT2D eigenvalue weighted by Crippen LogP contribution is 2.27. The van der Waals surface area contributed by atoms with Gasteiger partial charge in [-0.3, -0.25) is 4.79 Å². The zero-order valence-corrected chi connectivity index (χ0v) is 10.6. The Morgan fingerprint density at radius 1 is 1.21 bits per heavy atom. The number of rotatable bonds is 1. The number of H-pyrrole nitrogens is 1. The number of carbonyl (C=O) groups is 1. The number of morpholine rings is 1. The van der Waals surface area contributed by atoms with E-state index in [1.165, 1.54) is 0 Å². The molecule has 2 aliphatic rings. The third-order valence-corrected chi connectivity index (χ3v) is 4.13. The summed E-state index contributed by atoms with van der Waals surface area (Å²) in [5.74, 6) is 0.128. The van der Waals surface area contributed by atoms with Crippen LogP contribution in [-0.2, 0) is 4.74 Å². The molecular formula is C15H16N2O2. The number of fused-ring (bicyclic) bond motifs is 3. The van der Waals surface area contributed by atoms with Crippen LogP contribution in [-0.4, -0.2) is 41.1 Å². The van der Waals surface area contributed by atoms with Gasteiger partial charge in [-0.25, -0.2) is 0 Å². The zero-order chi connectivity index (χ0) is 12.8. The summed E-state index contributed by atoms with van der Waals surface area (Å²) in [4.78, 5) is 17.6. The van der Waals surface area contributed by atoms with E-state index in [2.05, 4.69) is 4.98 Å². The minimum atomic E-state index is 0.128. The average Bonchev–Trinajstić information content (AvgIpc) is 3.03. The number of hydrogen-bond donors (Lipinski definition) is 1. The summed E-state index contributed by atoms with van der Waals surface area (Å²) in [6.45, 7) is 1.47. The number of aromatic nitrogens is 1. The fourth-order valence-corrected chi connectivity index (χ4v) is 3.15. The first-order valence-corrected chi connectivity index (χ1v) is 6.81. The molecule has 2 aromatic rings. The van der Waals surface area contributed by atoms with Gasteiger partial charge in [0.05, 0.1) is 12.2 Å². The van der Waals surface area contributed by atoms with Crippen LogP contribution in [0.25, 0.3) is 10.9 Å². The van der Waals surface area contributed by atoms with Crippen molar-refractivity contribution < 1.29 is 9.53 Å². The maximum absolute atomic E-state index is 12.5. The number of amides is 1. The fourth-order valence-electron chi connectivity index (χ4n) is 3.15. The van der Waals surface area contributed by atoms with E-state index < -0.39 is 0 Å². The molecule has 4 rings (SSSR count). The molecule has 0 aliphatic carbocycles. The van der Waals surface area contributed by atoms with Gasteiger partial charge in [-0.1, -0.05) is 0 Å². The molecule has 1 amide bonds. The summed E-state index contributed by atoms with van der Waals surface area (Å²) < 4.78 is 5.77. The van der Waals surface area contributed by atoms with E-state index in [1.807, 2.05) is 35.4 Å². The Morgan fingerprint density at radius 3 is 2.79 bits per heavy atom. The van der Waals surface area contributed by atoms with Crippen LogP contribution in [0.15, 0.2) is 30.5 Å². The van der Waals surface area contributed by atoms with Crippen LogP contribution in [0.2, 0.25) is 0 Å². The average molecular weight is 256 g/mol. The third-order valence-electron chi connectivity index (χ3n) is 4.13. The highest BCUT2D eigenvalue weighted by molar-refractivity contribution is 5.98. The Bertz CT molecular complexity index is 622. The lowest BCUT2D eigenvalue weighted by atomic mass is 10.1. The lowest BCUT2D eigenvalue weighted by Gasteiger charge is -2.32. The molecule has 0 saturated carbocycles. The standard InChI is InChI=1S/C15H16N2O2/c18-15(17-8-12-2-3-13(9-17)19-12)11-1-4-14-10(7-11)5-6-16-14/h1,4-7,12-13,16H,2-3,8-9H2. The number of nitrogens with one attached hydrogen (secondary N) is 1. The van der Waals surface area contributed by atoms with Gasteiger partial charge in [0.25, 0.3) is 5.91 Å². The molecule has 1 N–H and O–H groups in total. The molecule has 2 atom stereocenters. The van der Waals surface area contributed by atoms with Crippen molar-refractivity contribution in [3.05, 3.63) is 36.0 Å². The molecule has 4 heteroatoms. The van der Waals surface area contributed by atoms with E-state index in [0.29, 0.717) is 0 Å². The highest BCUT2D eigenvalue weighted by Gasteiger charge is 2.35. The van der Waals surface area contributed by atoms with E-state index in [0.717, 1.165) is 42.4 Å². The summed E-state index contributed by atoms with van der Waals surface area (Å²) in [7, 11) is 0. The third kappa shape index (κ3) is 1.83. The van der Waals surface area contributed by atoms with Crippen molar-refractivity contribution >= 4 is 16.8 Å². The van der Waals surface area contributed by atoms with Gasteiger partial charge in [0.1, 0.15) is 0 Å². The summed E-state index contributed by atoms with van der Waals surface area (Å²) in [5.41, 5.74) is 1.84. The highest BCUT2D eigenvalue weighted by atomic mass is 16.5. The SMILES string of the molecule is O=C(c1ccc2[nH]ccc2c1)N1CC2CCC(C1)O2. The summed E-state index contributed by atoms with van der Waals surface area (Å²) >= 11 is 0. The number of benzene rings is 1. The fraction of sp³-hybridized carbons (Fsp3) is 0.400. The van der Waals surface area contributed by atoms with Crippen LogP contribution in [0.5, 0.6) is 0 Å². The molecule has 2 saturated heterocycles. The molecule has 1 aromatic carbocycles. The number of hydrogen-bond acceptors (Lipinski definition) is 2. The molecule has 2 unspecified atom stereocenters. The first-order chi connectivity index (χ1) is 9.29. The van der Waals surface area contributed by atoms with E-state index in [4.69, 9.17) is 4.74 Å². The van der Waals surface area contributed by atoms with Crippen molar-refractivity contribution in [2.24, 2.45) is 0 Å². The van der Waals surface area contributed by atoms with Crippen molar-refractivity contribution in [3.63, 3.8) is 0 Å². The molecule has 2 aliphatic heterocycles. The molecule has 19 heavy (non-hydrogen) atoms. The Kier molecular flexibility index (Phi) is 2.38. The first kappa shape index (κ1) is 11.1. The second-order valence-electron chi connectivity index (χ2n) is 5.45. The monoisotopic (exact) mass is 256 g/mol. The number of nitrogens with zero attached hydrogens (tertiary/aromatic N) is 1. The largest absolute Gasteiger partial charge is 0.371 e. The molecule has 2 bridgehead atoms. The van der Waals surface area contributed by atoms with E-state index in [9.17, 15) is 4.79 Å². The van der Waals surface area contributed by atoms with Crippen molar-refractivity contribution in [3.8, 4) is 0 Å². The maximum Gasteiger partial charge on any atom is 0.254 e. The Morgan fingerprint density at radius 2 is 2.00 bits per heavy atom. The topological polar surface area (TPSA) is 45.3 Å². The van der Waals surface area contributed by atoms with E-state index in [1.54, 1.807) is 0 Å². The number of ether oxygens (including phenoxy) is 1. The molecule has 0 spiro atoms. The van der Waals surface area contributed by atoms with Crippen LogP contribution in [0.1, 0.15) is 23.2 Å². The van der Waals surface area contributed by atoms with Crippen molar-refractivity contribution in [1.29, 1.82) is 0 Å². The van der Waals surface area contributed by atoms with Gasteiger partial charge in [-0.2, -0.15) is 0 Å². The Balaban J connectivity index is 1.62. The predicted octanol–water partition coefficient (Wildman–Crippen LogP) is 2.17. The smallest absolute Gasteiger partial charge is 0.254 e. The molecule has 1 aromatic heterocycles. The summed E-state index contributed by atoms with van der Waals surface area (Å²) in [5, 5.41) is 1.09. The second-order valence-corrected chi connectivity index (χ2v) is 5.45. The van der Waals surface area contributed by atoms with Gasteiger partial charge in [-0.05, 0) is 37.1 Å². The van der Waals surface area contributed by atoms with Gasteiger partial charge in [-0.15, -0.1) is 0 Å². The quantitative estimate of drug-likeness (QED) is 0.850. The predicted molar refractivity (Wildman–Crippen MR) is 72.1 cm³/mol. The Labute approximate surface area is 111 Å². The number of aromatic amines is 1. The molecule has 3 heterocycles. The molecule has 4 nitrogen and oxygen atoms in total. The van der Waals surface area contributed by atoms with Gasteiger partial charge < -0.3 is 14.6 Å². The minimum Gasteiger partial charge on any atom is -0.371 e.